The summed E-state index contributed by atoms with van der Waals surface area (Å²) in [6.45, 7) is 4.92. The molecule has 0 bridgehead atoms. The average molecular weight is 185 g/mol. The molecule has 5 nitrogen and oxygen atoms in total. The summed E-state index contributed by atoms with van der Waals surface area (Å²) in [7, 11) is 1.84. The van der Waals surface area contributed by atoms with Crippen molar-refractivity contribution in [2.75, 3.05) is 13.7 Å². The Morgan fingerprint density at radius 3 is 2.92 bits per heavy atom. The van der Waals surface area contributed by atoms with Gasteiger partial charge in [0.25, 0.3) is 0 Å². The number of nitrogens with one attached hydrogen (secondary N) is 1. The number of rotatable bonds is 5. The molecule has 0 saturated heterocycles. The van der Waals surface area contributed by atoms with Gasteiger partial charge in [-0.1, -0.05) is 0 Å². The van der Waals surface area contributed by atoms with E-state index in [-0.39, 0.29) is 6.04 Å². The van der Waals surface area contributed by atoms with E-state index >= 15 is 0 Å². The number of hydrogen-bond acceptors (Lipinski definition) is 5. The Morgan fingerprint density at radius 1 is 1.54 bits per heavy atom. The van der Waals surface area contributed by atoms with E-state index in [1.165, 1.54) is 0 Å². The summed E-state index contributed by atoms with van der Waals surface area (Å²) in [5, 5.41) is 10.7. The molecule has 0 aliphatic rings. The Balaban J connectivity index is 2.53. The Bertz CT molecular complexity index is 249. The third-order valence-electron chi connectivity index (χ3n) is 1.72. The van der Waals surface area contributed by atoms with Crippen LogP contribution in [0.25, 0.3) is 0 Å². The van der Waals surface area contributed by atoms with E-state index in [4.69, 9.17) is 9.15 Å². The predicted octanol–water partition coefficient (Wildman–Crippen LogP) is 0.886. The summed E-state index contributed by atoms with van der Waals surface area (Å²) >= 11 is 0. The molecule has 5 heteroatoms. The highest BCUT2D eigenvalue weighted by molar-refractivity contribution is 4.86. The molecule has 13 heavy (non-hydrogen) atoms. The van der Waals surface area contributed by atoms with E-state index in [0.717, 1.165) is 0 Å². The summed E-state index contributed by atoms with van der Waals surface area (Å²) in [5.41, 5.74) is 0. The molecule has 1 atom stereocenters. The van der Waals surface area contributed by atoms with E-state index in [0.29, 0.717) is 25.0 Å². The molecule has 0 aliphatic carbocycles. The average Bonchev–Trinajstić information content (AvgIpc) is 2.62. The lowest BCUT2D eigenvalue weighted by molar-refractivity contribution is 0.113. The molecule has 1 heterocycles. The summed E-state index contributed by atoms with van der Waals surface area (Å²) in [6, 6.07) is 0.0860. The Labute approximate surface area is 77.5 Å². The number of ether oxygens (including phenoxy) is 1. The SMILES string of the molecule is CCOCc1nnc(C(C)NC)o1. The van der Waals surface area contributed by atoms with Crippen molar-refractivity contribution in [3.8, 4) is 0 Å². The molecule has 1 aromatic heterocycles. The molecule has 1 unspecified atom stereocenters. The predicted molar refractivity (Wildman–Crippen MR) is 47.1 cm³/mol. The van der Waals surface area contributed by atoms with E-state index in [9.17, 15) is 0 Å². The van der Waals surface area contributed by atoms with Gasteiger partial charge in [-0.2, -0.15) is 0 Å². The highest BCUT2D eigenvalue weighted by atomic mass is 16.5. The van der Waals surface area contributed by atoms with Gasteiger partial charge in [0.1, 0.15) is 6.61 Å². The van der Waals surface area contributed by atoms with Crippen molar-refractivity contribution in [3.05, 3.63) is 11.8 Å². The number of hydrogen-bond donors (Lipinski definition) is 1. The second-order valence-corrected chi connectivity index (χ2v) is 2.68. The van der Waals surface area contributed by atoms with E-state index < -0.39 is 0 Å². The van der Waals surface area contributed by atoms with Crippen LogP contribution in [-0.2, 0) is 11.3 Å². The summed E-state index contributed by atoms with van der Waals surface area (Å²) in [6.07, 6.45) is 0. The second-order valence-electron chi connectivity index (χ2n) is 2.68. The summed E-state index contributed by atoms with van der Waals surface area (Å²) in [4.78, 5) is 0. The fraction of sp³-hybridized carbons (Fsp3) is 0.750. The standard InChI is InChI=1S/C8H15N3O2/c1-4-12-5-7-10-11-8(13-7)6(2)9-3/h6,9H,4-5H2,1-3H3. The molecule has 0 aliphatic heterocycles. The fourth-order valence-electron chi connectivity index (χ4n) is 0.813. The lowest BCUT2D eigenvalue weighted by Gasteiger charge is -2.02. The van der Waals surface area contributed by atoms with Crippen LogP contribution in [0.5, 0.6) is 0 Å². The zero-order valence-corrected chi connectivity index (χ0v) is 8.20. The van der Waals surface area contributed by atoms with Gasteiger partial charge in [-0.05, 0) is 20.9 Å². The minimum Gasteiger partial charge on any atom is -0.421 e. The quantitative estimate of drug-likeness (QED) is 0.738. The first-order valence-corrected chi connectivity index (χ1v) is 4.35. The number of aromatic nitrogens is 2. The van der Waals surface area contributed by atoms with Gasteiger partial charge in [-0.3, -0.25) is 0 Å². The molecule has 0 spiro atoms. The first-order chi connectivity index (χ1) is 6.27. The minimum atomic E-state index is 0.0860. The van der Waals surface area contributed by atoms with Crippen molar-refractivity contribution in [2.24, 2.45) is 0 Å². The van der Waals surface area contributed by atoms with Crippen LogP contribution in [0.4, 0.5) is 0 Å². The molecular formula is C8H15N3O2. The van der Waals surface area contributed by atoms with Crippen molar-refractivity contribution in [1.29, 1.82) is 0 Å². The molecule has 0 aromatic carbocycles. The molecule has 1 aromatic rings. The van der Waals surface area contributed by atoms with Crippen LogP contribution in [0.1, 0.15) is 31.7 Å². The maximum absolute atomic E-state index is 5.33. The van der Waals surface area contributed by atoms with Crippen LogP contribution in [0, 0.1) is 0 Å². The van der Waals surface area contributed by atoms with Crippen molar-refractivity contribution < 1.29 is 9.15 Å². The van der Waals surface area contributed by atoms with Crippen LogP contribution in [0.15, 0.2) is 4.42 Å². The van der Waals surface area contributed by atoms with Crippen LogP contribution >= 0.6 is 0 Å². The van der Waals surface area contributed by atoms with Gasteiger partial charge in [-0.25, -0.2) is 0 Å². The second kappa shape index (κ2) is 4.94. The molecule has 0 radical (unpaired) electrons. The van der Waals surface area contributed by atoms with Gasteiger partial charge in [0.2, 0.25) is 11.8 Å². The molecule has 74 valence electrons. The first-order valence-electron chi connectivity index (χ1n) is 4.35. The lowest BCUT2D eigenvalue weighted by atomic mass is 10.3. The lowest BCUT2D eigenvalue weighted by Crippen LogP contribution is -2.12. The van der Waals surface area contributed by atoms with Gasteiger partial charge in [0.15, 0.2) is 0 Å². The number of nitrogens with zero attached hydrogens (tertiary/aromatic N) is 2. The van der Waals surface area contributed by atoms with Crippen molar-refractivity contribution in [1.82, 2.24) is 15.5 Å². The van der Waals surface area contributed by atoms with Gasteiger partial charge in [0, 0.05) is 6.61 Å². The molecule has 1 N–H and O–H groups in total. The monoisotopic (exact) mass is 185 g/mol. The fourth-order valence-corrected chi connectivity index (χ4v) is 0.813. The zero-order chi connectivity index (χ0) is 9.68. The Kier molecular flexibility index (Phi) is 3.85. The summed E-state index contributed by atoms with van der Waals surface area (Å²) in [5.74, 6) is 1.12. The molecule has 1 rings (SSSR count). The maximum atomic E-state index is 5.33. The largest absolute Gasteiger partial charge is 0.421 e. The molecular weight excluding hydrogens is 170 g/mol. The van der Waals surface area contributed by atoms with Gasteiger partial charge >= 0.3 is 0 Å². The molecule has 0 fully saturated rings. The highest BCUT2D eigenvalue weighted by Crippen LogP contribution is 2.09. The van der Waals surface area contributed by atoms with Crippen LogP contribution in [0.3, 0.4) is 0 Å². The Morgan fingerprint density at radius 2 is 2.31 bits per heavy atom. The van der Waals surface area contributed by atoms with Crippen molar-refractivity contribution >= 4 is 0 Å². The first kappa shape index (κ1) is 10.1. The van der Waals surface area contributed by atoms with Crippen LogP contribution in [0.2, 0.25) is 0 Å². The minimum absolute atomic E-state index is 0.0860. The Hall–Kier alpha value is -0.940. The van der Waals surface area contributed by atoms with Crippen LogP contribution in [-0.4, -0.2) is 23.9 Å². The van der Waals surface area contributed by atoms with E-state index in [1.807, 2.05) is 20.9 Å². The molecule has 0 amide bonds. The highest BCUT2D eigenvalue weighted by Gasteiger charge is 2.11. The van der Waals surface area contributed by atoms with Crippen LogP contribution < -0.4 is 5.32 Å². The zero-order valence-electron chi connectivity index (χ0n) is 8.20. The third-order valence-corrected chi connectivity index (χ3v) is 1.72. The normalized spacial score (nSPS) is 13.2. The van der Waals surface area contributed by atoms with Gasteiger partial charge in [0.05, 0.1) is 6.04 Å². The smallest absolute Gasteiger partial charge is 0.242 e. The third kappa shape index (κ3) is 2.78. The van der Waals surface area contributed by atoms with Crippen molar-refractivity contribution in [3.63, 3.8) is 0 Å². The maximum Gasteiger partial charge on any atom is 0.242 e. The summed E-state index contributed by atoms with van der Waals surface area (Å²) < 4.78 is 10.5. The van der Waals surface area contributed by atoms with E-state index in [2.05, 4.69) is 15.5 Å². The van der Waals surface area contributed by atoms with Gasteiger partial charge < -0.3 is 14.5 Å². The van der Waals surface area contributed by atoms with E-state index in [1.54, 1.807) is 0 Å². The molecule has 0 saturated carbocycles. The van der Waals surface area contributed by atoms with Gasteiger partial charge in [-0.15, -0.1) is 10.2 Å². The van der Waals surface area contributed by atoms with Crippen molar-refractivity contribution in [2.45, 2.75) is 26.5 Å². The topological polar surface area (TPSA) is 60.2 Å².